The Labute approximate surface area is 219 Å². The Bertz CT molecular complexity index is 1160. The van der Waals surface area contributed by atoms with E-state index >= 15 is 4.39 Å². The van der Waals surface area contributed by atoms with Crippen molar-refractivity contribution in [2.45, 2.75) is 42.7 Å². The quantitative estimate of drug-likeness (QED) is 0.432. The van der Waals surface area contributed by atoms with Crippen LogP contribution < -0.4 is 10.6 Å². The molecule has 194 valence electrons. The molecule has 9 heteroatoms. The van der Waals surface area contributed by atoms with Gasteiger partial charge in [-0.25, -0.2) is 4.39 Å². The number of aldehydes is 1. The van der Waals surface area contributed by atoms with Gasteiger partial charge in [-0.15, -0.1) is 0 Å². The highest BCUT2D eigenvalue weighted by Crippen LogP contribution is 2.70. The van der Waals surface area contributed by atoms with Gasteiger partial charge in [-0.2, -0.15) is 0 Å². The second kappa shape index (κ2) is 10.0. The molecule has 2 fully saturated rings. The van der Waals surface area contributed by atoms with Crippen LogP contribution in [0.25, 0.3) is 0 Å². The molecule has 1 saturated carbocycles. The normalized spacial score (nSPS) is 26.7. The predicted octanol–water partition coefficient (Wildman–Crippen LogP) is 6.37. The van der Waals surface area contributed by atoms with E-state index in [1.165, 1.54) is 6.07 Å². The van der Waals surface area contributed by atoms with E-state index in [1.54, 1.807) is 31.4 Å². The molecule has 0 bridgehead atoms. The van der Waals surface area contributed by atoms with E-state index in [0.717, 1.165) is 18.5 Å². The van der Waals surface area contributed by atoms with Gasteiger partial charge in [0.1, 0.15) is 12.1 Å². The molecule has 4 nitrogen and oxygen atoms in total. The number of nitrogens with one attached hydrogen (secondary N) is 2. The van der Waals surface area contributed by atoms with Crippen LogP contribution in [0.15, 0.2) is 48.7 Å². The van der Waals surface area contributed by atoms with Crippen molar-refractivity contribution < 1.29 is 22.7 Å². The van der Waals surface area contributed by atoms with Gasteiger partial charge in [0.05, 0.1) is 29.8 Å². The highest BCUT2D eigenvalue weighted by molar-refractivity contribution is 6.31. The number of carbonyl (C=O) groups excluding carboxylic acids is 1. The second-order valence-electron chi connectivity index (χ2n) is 9.81. The molecule has 3 atom stereocenters. The molecule has 2 aliphatic heterocycles. The maximum atomic E-state index is 15.4. The fourth-order valence-electron chi connectivity index (χ4n) is 6.51. The van der Waals surface area contributed by atoms with Crippen molar-refractivity contribution >= 4 is 35.2 Å². The van der Waals surface area contributed by atoms with E-state index in [2.05, 4.69) is 21.9 Å². The summed E-state index contributed by atoms with van der Waals surface area (Å²) in [7, 11) is 1.68. The zero-order valence-electron chi connectivity index (χ0n) is 20.1. The van der Waals surface area contributed by atoms with Crippen molar-refractivity contribution in [2.75, 3.05) is 32.4 Å². The molecular weight excluding hydrogens is 512 g/mol. The lowest BCUT2D eigenvalue weighted by molar-refractivity contribution is -0.110. The summed E-state index contributed by atoms with van der Waals surface area (Å²) in [6, 6.07) is 9.12. The van der Waals surface area contributed by atoms with Crippen molar-refractivity contribution in [3.8, 4) is 0 Å². The smallest absolute Gasteiger partial charge is 0.145 e. The summed E-state index contributed by atoms with van der Waals surface area (Å²) in [6.07, 6.45) is 1.01. The summed E-state index contributed by atoms with van der Waals surface area (Å²) in [6.45, 7) is 5.39. The predicted molar refractivity (Wildman–Crippen MR) is 137 cm³/mol. The molecule has 2 N–H and O–H groups in total. The van der Waals surface area contributed by atoms with E-state index in [1.807, 2.05) is 13.0 Å². The molecule has 2 aromatic rings. The van der Waals surface area contributed by atoms with Gasteiger partial charge in [0.25, 0.3) is 0 Å². The molecule has 3 aliphatic rings. The van der Waals surface area contributed by atoms with E-state index in [4.69, 9.17) is 23.2 Å². The van der Waals surface area contributed by atoms with Gasteiger partial charge in [0.15, 0.2) is 0 Å². The van der Waals surface area contributed by atoms with Crippen LogP contribution in [0, 0.1) is 11.2 Å². The van der Waals surface area contributed by atoms with Crippen molar-refractivity contribution in [3.63, 3.8) is 0 Å². The van der Waals surface area contributed by atoms with E-state index in [0.29, 0.717) is 16.4 Å². The van der Waals surface area contributed by atoms with Crippen molar-refractivity contribution in [2.24, 2.45) is 5.41 Å². The highest BCUT2D eigenvalue weighted by Gasteiger charge is 2.75. The van der Waals surface area contributed by atoms with Gasteiger partial charge in [0.2, 0.25) is 0 Å². The maximum Gasteiger partial charge on any atom is 0.145 e. The minimum absolute atomic E-state index is 0.0633. The lowest BCUT2D eigenvalue weighted by atomic mass is 9.45. The molecule has 2 heterocycles. The molecule has 0 aromatic heterocycles. The largest absolute Gasteiger partial charge is 0.385 e. The van der Waals surface area contributed by atoms with Crippen LogP contribution in [-0.4, -0.2) is 44.9 Å². The van der Waals surface area contributed by atoms with Crippen molar-refractivity contribution in [1.82, 2.24) is 5.32 Å². The first-order valence-electron chi connectivity index (χ1n) is 11.7. The Morgan fingerprint density at radius 2 is 1.86 bits per heavy atom. The van der Waals surface area contributed by atoms with Crippen LogP contribution in [-0.2, 0) is 14.9 Å². The molecule has 2 spiro atoms. The van der Waals surface area contributed by atoms with Gasteiger partial charge in [-0.05, 0) is 49.1 Å². The Balaban J connectivity index is 0.000000709. The van der Waals surface area contributed by atoms with E-state index < -0.39 is 47.5 Å². The number of hydrogen-bond acceptors (Lipinski definition) is 4. The summed E-state index contributed by atoms with van der Waals surface area (Å²) >= 11 is 12.3. The fraction of sp³-hybridized carbons (Fsp3) is 0.444. The van der Waals surface area contributed by atoms with Gasteiger partial charge in [-0.3, -0.25) is 8.78 Å². The SMILES string of the molecule is C=C1Nc2cc(Cl)ccc2C12C(c1cccc(Cl)c1F)C(C=O)NC21CC(CF)(CF)C1.CCOC. The summed E-state index contributed by atoms with van der Waals surface area (Å²) < 4.78 is 47.7. The van der Waals surface area contributed by atoms with E-state index in [-0.39, 0.29) is 23.4 Å². The minimum Gasteiger partial charge on any atom is -0.385 e. The third-order valence-corrected chi connectivity index (χ3v) is 8.39. The molecule has 1 aliphatic carbocycles. The summed E-state index contributed by atoms with van der Waals surface area (Å²) in [4.78, 5) is 12.3. The van der Waals surface area contributed by atoms with Gasteiger partial charge < -0.3 is 20.2 Å². The first-order valence-corrected chi connectivity index (χ1v) is 12.5. The third kappa shape index (κ3) is 3.78. The number of hydrogen-bond donors (Lipinski definition) is 2. The number of carbonyl (C=O) groups is 1. The van der Waals surface area contributed by atoms with Crippen LogP contribution in [0.2, 0.25) is 10.0 Å². The molecule has 2 aromatic carbocycles. The Morgan fingerprint density at radius 1 is 1.19 bits per heavy atom. The first kappa shape index (κ1) is 27.0. The van der Waals surface area contributed by atoms with Crippen LogP contribution in [0.3, 0.4) is 0 Å². The highest BCUT2D eigenvalue weighted by atomic mass is 35.5. The van der Waals surface area contributed by atoms with Crippen LogP contribution in [0.4, 0.5) is 18.9 Å². The molecule has 36 heavy (non-hydrogen) atoms. The van der Waals surface area contributed by atoms with Crippen LogP contribution in [0.5, 0.6) is 0 Å². The molecule has 3 unspecified atom stereocenters. The van der Waals surface area contributed by atoms with Crippen molar-refractivity contribution in [1.29, 1.82) is 0 Å². The number of anilines is 1. The topological polar surface area (TPSA) is 50.4 Å². The van der Waals surface area contributed by atoms with E-state index in [9.17, 15) is 13.6 Å². The summed E-state index contributed by atoms with van der Waals surface area (Å²) in [5.41, 5.74) is -0.868. The molecule has 5 rings (SSSR count). The first-order chi connectivity index (χ1) is 17.2. The van der Waals surface area contributed by atoms with Gasteiger partial charge in [0, 0.05) is 47.0 Å². The van der Waals surface area contributed by atoms with Crippen LogP contribution >= 0.6 is 23.2 Å². The van der Waals surface area contributed by atoms with Gasteiger partial charge in [-0.1, -0.05) is 48.0 Å². The Kier molecular flexibility index (Phi) is 7.50. The van der Waals surface area contributed by atoms with Gasteiger partial charge >= 0.3 is 0 Å². The average molecular weight is 541 g/mol. The third-order valence-electron chi connectivity index (χ3n) is 7.86. The monoisotopic (exact) mass is 540 g/mol. The Morgan fingerprint density at radius 3 is 2.44 bits per heavy atom. The lowest BCUT2D eigenvalue weighted by Crippen LogP contribution is -2.68. The number of alkyl halides is 2. The number of rotatable bonds is 5. The summed E-state index contributed by atoms with van der Waals surface area (Å²) in [5.74, 6) is -1.36. The lowest BCUT2D eigenvalue weighted by Gasteiger charge is -2.60. The molecule has 0 amide bonds. The zero-order valence-corrected chi connectivity index (χ0v) is 21.7. The standard InChI is InChI=1S/C24H21Cl2F3N2O.C3H8O/c1-13-24(16-6-5-14(25)7-18(16)30-13)20(15-3-2-4-17(26)21(15)29)19(8-32)31-23(24)9-22(10-23,11-27)12-28;1-3-4-2/h2-8,19-20,30-31H,1,9-12H2;3H2,1-2H3. The molecule has 0 radical (unpaired) electrons. The Hall–Kier alpha value is -2.06. The number of benzene rings is 2. The second-order valence-corrected chi connectivity index (χ2v) is 10.7. The fourth-order valence-corrected chi connectivity index (χ4v) is 6.86. The van der Waals surface area contributed by atoms with Crippen LogP contribution in [0.1, 0.15) is 36.8 Å². The number of ether oxygens (including phenoxy) is 1. The summed E-state index contributed by atoms with van der Waals surface area (Å²) in [5, 5.41) is 7.04. The molecular formula is C27H29Cl2F3N2O2. The van der Waals surface area contributed by atoms with Crippen molar-refractivity contribution in [3.05, 3.63) is 75.7 Å². The number of methoxy groups -OCH3 is 1. The minimum atomic E-state index is -1.15. The molecule has 1 saturated heterocycles. The number of fused-ring (bicyclic) bond motifs is 3. The zero-order chi connectivity index (χ0) is 26.3. The number of halogens is 5. The maximum absolute atomic E-state index is 15.4. The average Bonchev–Trinajstić information content (AvgIpc) is 3.31.